The van der Waals surface area contributed by atoms with Crippen LogP contribution in [0.4, 0.5) is 0 Å². The van der Waals surface area contributed by atoms with E-state index in [1.54, 1.807) is 5.30 Å². The summed E-state index contributed by atoms with van der Waals surface area (Å²) in [6.45, 7) is 4.63. The van der Waals surface area contributed by atoms with E-state index < -0.39 is 6.60 Å². The monoisotopic (exact) mass is 406 g/mol. The molecule has 0 heterocycles. The molecular weight excluding hydrogens is 359 g/mol. The fourth-order valence-electron chi connectivity index (χ4n) is 5.01. The summed E-state index contributed by atoms with van der Waals surface area (Å²) in [5.41, 5.74) is 0. The maximum atomic E-state index is 12.1. The Labute approximate surface area is 176 Å². The molecule has 0 fully saturated rings. The van der Waals surface area contributed by atoms with Crippen molar-refractivity contribution in [2.24, 2.45) is 0 Å². The average molecular weight is 407 g/mol. The molecule has 2 heteroatoms. The van der Waals surface area contributed by atoms with Gasteiger partial charge in [0.1, 0.15) is 0 Å². The Morgan fingerprint density at radius 3 is 1.43 bits per heavy atom. The Hall–Kier alpha value is -0.680. The van der Waals surface area contributed by atoms with Crippen LogP contribution in [0, 0.1) is 0 Å². The SMILES string of the molecule is CCCCCCP(CC=O)(CCCCCC)(CCCCCC)c1ccccc1. The van der Waals surface area contributed by atoms with Gasteiger partial charge in [0.2, 0.25) is 0 Å². The first-order valence-electron chi connectivity index (χ1n) is 12.2. The van der Waals surface area contributed by atoms with Gasteiger partial charge in [-0.2, -0.15) is 0 Å². The van der Waals surface area contributed by atoms with Crippen LogP contribution in [0.15, 0.2) is 30.3 Å². The molecule has 0 bridgehead atoms. The van der Waals surface area contributed by atoms with Crippen LogP contribution in [-0.2, 0) is 4.79 Å². The van der Waals surface area contributed by atoms with Crippen molar-refractivity contribution >= 4 is 18.2 Å². The number of aldehydes is 1. The fraction of sp³-hybridized carbons (Fsp3) is 0.731. The molecule has 0 amide bonds. The Balaban J connectivity index is 3.23. The molecule has 28 heavy (non-hydrogen) atoms. The first-order chi connectivity index (χ1) is 13.7. The predicted octanol–water partition coefficient (Wildman–Crippen LogP) is 7.81. The topological polar surface area (TPSA) is 17.1 Å². The zero-order chi connectivity index (χ0) is 20.6. The van der Waals surface area contributed by atoms with Gasteiger partial charge in [0, 0.05) is 0 Å². The summed E-state index contributed by atoms with van der Waals surface area (Å²) in [5, 5.41) is 1.56. The minimum atomic E-state index is -2.24. The van der Waals surface area contributed by atoms with Crippen molar-refractivity contribution in [3.05, 3.63) is 30.3 Å². The fourth-order valence-corrected chi connectivity index (χ4v) is 11.8. The number of rotatable bonds is 18. The van der Waals surface area contributed by atoms with E-state index in [1.165, 1.54) is 102 Å². The molecule has 1 aromatic carbocycles. The van der Waals surface area contributed by atoms with Gasteiger partial charge in [-0.05, 0) is 0 Å². The molecular formula is C26H47OP. The summed E-state index contributed by atoms with van der Waals surface area (Å²) in [6, 6.07) is 11.3. The summed E-state index contributed by atoms with van der Waals surface area (Å²) in [6.07, 6.45) is 21.7. The zero-order valence-electron chi connectivity index (χ0n) is 19.1. The second-order valence-corrected chi connectivity index (χ2v) is 15.2. The molecule has 0 aliphatic rings. The molecule has 0 aliphatic heterocycles. The van der Waals surface area contributed by atoms with Crippen molar-refractivity contribution in [3.63, 3.8) is 0 Å². The summed E-state index contributed by atoms with van der Waals surface area (Å²) >= 11 is 0. The molecule has 0 spiro atoms. The number of hydrogen-bond acceptors (Lipinski definition) is 1. The van der Waals surface area contributed by atoms with E-state index in [0.29, 0.717) is 0 Å². The third-order valence-electron chi connectivity index (χ3n) is 6.83. The van der Waals surface area contributed by atoms with Crippen LogP contribution in [0.25, 0.3) is 0 Å². The van der Waals surface area contributed by atoms with E-state index in [-0.39, 0.29) is 0 Å². The van der Waals surface area contributed by atoms with E-state index >= 15 is 0 Å². The van der Waals surface area contributed by atoms with Gasteiger partial charge in [0.25, 0.3) is 0 Å². The van der Waals surface area contributed by atoms with E-state index in [4.69, 9.17) is 0 Å². The van der Waals surface area contributed by atoms with E-state index in [9.17, 15) is 4.79 Å². The molecule has 0 atom stereocenters. The van der Waals surface area contributed by atoms with Crippen molar-refractivity contribution in [2.75, 3.05) is 24.6 Å². The molecule has 0 N–H and O–H groups in total. The number of carbonyl (C=O) groups is 1. The van der Waals surface area contributed by atoms with Crippen LogP contribution < -0.4 is 5.30 Å². The van der Waals surface area contributed by atoms with Gasteiger partial charge in [0.05, 0.1) is 0 Å². The first kappa shape index (κ1) is 25.4. The molecule has 1 rings (SSSR count). The van der Waals surface area contributed by atoms with Crippen molar-refractivity contribution in [1.29, 1.82) is 0 Å². The van der Waals surface area contributed by atoms with Crippen molar-refractivity contribution in [3.8, 4) is 0 Å². The Morgan fingerprint density at radius 2 is 1.07 bits per heavy atom. The Bertz CT molecular complexity index is 476. The van der Waals surface area contributed by atoms with Crippen LogP contribution >= 0.6 is 6.60 Å². The molecule has 0 aromatic heterocycles. The van der Waals surface area contributed by atoms with Gasteiger partial charge in [-0.3, -0.25) is 0 Å². The Kier molecular flexibility index (Phi) is 13.0. The van der Waals surface area contributed by atoms with E-state index in [1.807, 2.05) is 0 Å². The van der Waals surface area contributed by atoms with Crippen molar-refractivity contribution < 1.29 is 4.79 Å². The predicted molar refractivity (Wildman–Crippen MR) is 131 cm³/mol. The molecule has 0 saturated carbocycles. The molecule has 0 saturated heterocycles. The van der Waals surface area contributed by atoms with Gasteiger partial charge < -0.3 is 0 Å². The third kappa shape index (κ3) is 7.62. The third-order valence-corrected chi connectivity index (χ3v) is 14.2. The summed E-state index contributed by atoms with van der Waals surface area (Å²) in [5.74, 6) is 0. The summed E-state index contributed by atoms with van der Waals surface area (Å²) in [7, 11) is 0. The number of carbonyl (C=O) groups excluding carboxylic acids is 1. The van der Waals surface area contributed by atoms with E-state index in [0.717, 1.165) is 6.16 Å². The van der Waals surface area contributed by atoms with Crippen LogP contribution in [0.3, 0.4) is 0 Å². The number of benzene rings is 1. The molecule has 1 aromatic rings. The minimum absolute atomic E-state index is 0.819. The van der Waals surface area contributed by atoms with Crippen LogP contribution in [-0.4, -0.2) is 30.9 Å². The van der Waals surface area contributed by atoms with Crippen LogP contribution in [0.2, 0.25) is 0 Å². The second-order valence-electron chi connectivity index (χ2n) is 9.01. The standard InChI is InChI=1S/C26H47OP/c1-4-7-10-16-22-28(25-21-27,23-17-11-8-5-2,24-18-12-9-6-3)26-19-14-13-15-20-26/h13-15,19-21H,4-12,16-18,22-25H2,1-3H3. The summed E-state index contributed by atoms with van der Waals surface area (Å²) in [4.78, 5) is 12.1. The van der Waals surface area contributed by atoms with Crippen LogP contribution in [0.5, 0.6) is 0 Å². The van der Waals surface area contributed by atoms with Gasteiger partial charge in [-0.25, -0.2) is 0 Å². The van der Waals surface area contributed by atoms with Gasteiger partial charge in [-0.1, -0.05) is 0 Å². The molecule has 1 nitrogen and oxygen atoms in total. The number of hydrogen-bond donors (Lipinski definition) is 0. The second kappa shape index (κ2) is 14.3. The normalized spacial score (nSPS) is 13.2. The van der Waals surface area contributed by atoms with Crippen molar-refractivity contribution in [1.82, 2.24) is 0 Å². The van der Waals surface area contributed by atoms with Crippen molar-refractivity contribution in [2.45, 2.75) is 97.8 Å². The van der Waals surface area contributed by atoms with Gasteiger partial charge in [-0.15, -0.1) is 0 Å². The van der Waals surface area contributed by atoms with Gasteiger partial charge >= 0.3 is 176 Å². The molecule has 162 valence electrons. The molecule has 0 unspecified atom stereocenters. The number of unbranched alkanes of at least 4 members (excludes halogenated alkanes) is 9. The molecule has 0 aliphatic carbocycles. The van der Waals surface area contributed by atoms with Crippen LogP contribution in [0.1, 0.15) is 97.8 Å². The summed E-state index contributed by atoms with van der Waals surface area (Å²) < 4.78 is 0. The average Bonchev–Trinajstić information content (AvgIpc) is 2.73. The first-order valence-corrected chi connectivity index (χ1v) is 15.1. The van der Waals surface area contributed by atoms with Gasteiger partial charge in [0.15, 0.2) is 0 Å². The van der Waals surface area contributed by atoms with E-state index in [2.05, 4.69) is 51.1 Å². The maximum absolute atomic E-state index is 12.1. The zero-order valence-corrected chi connectivity index (χ0v) is 20.0. The Morgan fingerprint density at radius 1 is 0.643 bits per heavy atom. The molecule has 0 radical (unpaired) electrons. The quantitative estimate of drug-likeness (QED) is 0.138.